The quantitative estimate of drug-likeness (QED) is 0.836. The lowest BCUT2D eigenvalue weighted by Gasteiger charge is -2.26. The first-order valence-corrected chi connectivity index (χ1v) is 7.67. The van der Waals surface area contributed by atoms with E-state index in [-0.39, 0.29) is 0 Å². The third-order valence-electron chi connectivity index (χ3n) is 4.68. The van der Waals surface area contributed by atoms with E-state index in [0.29, 0.717) is 18.1 Å². The van der Waals surface area contributed by atoms with Gasteiger partial charge in [0, 0.05) is 12.0 Å². The van der Waals surface area contributed by atoms with Crippen LogP contribution in [0, 0.1) is 5.92 Å². The third kappa shape index (κ3) is 3.06. The van der Waals surface area contributed by atoms with E-state index in [9.17, 15) is 4.79 Å². The lowest BCUT2D eigenvalue weighted by molar-refractivity contribution is 0.0954. The molecule has 2 heteroatoms. The lowest BCUT2D eigenvalue weighted by atomic mass is 9.80. The van der Waals surface area contributed by atoms with Crippen molar-refractivity contribution in [2.45, 2.75) is 44.4 Å². The number of carbonyl (C=O) groups excluding carboxylic acids is 1. The summed E-state index contributed by atoms with van der Waals surface area (Å²) in [7, 11) is 0. The van der Waals surface area contributed by atoms with Gasteiger partial charge in [0.15, 0.2) is 5.78 Å². The summed E-state index contributed by atoms with van der Waals surface area (Å²) in [6.45, 7) is 2.12. The van der Waals surface area contributed by atoms with Crippen LogP contribution in [-0.4, -0.2) is 18.9 Å². The molecule has 1 aromatic rings. The van der Waals surface area contributed by atoms with Crippen LogP contribution in [0.25, 0.3) is 0 Å². The molecule has 0 spiro atoms. The van der Waals surface area contributed by atoms with Crippen molar-refractivity contribution in [3.05, 3.63) is 35.4 Å². The van der Waals surface area contributed by atoms with Crippen LogP contribution in [0.5, 0.6) is 0 Å². The lowest BCUT2D eigenvalue weighted by Crippen LogP contribution is -2.31. The second-order valence-electron chi connectivity index (χ2n) is 6.09. The van der Waals surface area contributed by atoms with Crippen LogP contribution < -0.4 is 5.32 Å². The summed E-state index contributed by atoms with van der Waals surface area (Å²) in [5.41, 5.74) is 2.32. The zero-order valence-electron chi connectivity index (χ0n) is 11.5. The highest BCUT2D eigenvalue weighted by atomic mass is 16.1. The van der Waals surface area contributed by atoms with Crippen LogP contribution in [0.4, 0.5) is 0 Å². The molecule has 2 nitrogen and oxygen atoms in total. The van der Waals surface area contributed by atoms with Crippen molar-refractivity contribution < 1.29 is 4.79 Å². The van der Waals surface area contributed by atoms with Gasteiger partial charge in [0.05, 0.1) is 0 Å². The van der Waals surface area contributed by atoms with Crippen LogP contribution in [0.15, 0.2) is 24.3 Å². The molecule has 19 heavy (non-hydrogen) atoms. The zero-order valence-corrected chi connectivity index (χ0v) is 11.5. The average Bonchev–Trinajstić information content (AvgIpc) is 2.39. The Balaban J connectivity index is 1.59. The van der Waals surface area contributed by atoms with Crippen molar-refractivity contribution in [1.82, 2.24) is 5.32 Å². The smallest absolute Gasteiger partial charge is 0.163 e. The molecule has 1 heterocycles. The van der Waals surface area contributed by atoms with E-state index in [1.165, 1.54) is 37.7 Å². The molecule has 1 unspecified atom stereocenters. The maximum atomic E-state index is 12.2. The standard InChI is InChI=1S/C17H23NO/c19-17(11-13-3-2-10-18-12-13)16-8-6-15(7-9-16)14-4-1-5-14/h6-9,13-14,18H,1-5,10-12H2. The molecule has 3 rings (SSSR count). The Hall–Kier alpha value is -1.15. The number of hydrogen-bond acceptors (Lipinski definition) is 2. The molecular formula is C17H23NO. The summed E-state index contributed by atoms with van der Waals surface area (Å²) in [6.07, 6.45) is 7.11. The van der Waals surface area contributed by atoms with E-state index in [0.717, 1.165) is 24.6 Å². The number of hydrogen-bond donors (Lipinski definition) is 1. The van der Waals surface area contributed by atoms with Crippen molar-refractivity contribution in [1.29, 1.82) is 0 Å². The first-order chi connectivity index (χ1) is 9.33. The second kappa shape index (κ2) is 5.87. The van der Waals surface area contributed by atoms with Gasteiger partial charge >= 0.3 is 0 Å². The van der Waals surface area contributed by atoms with Crippen LogP contribution in [0.2, 0.25) is 0 Å². The van der Waals surface area contributed by atoms with Gasteiger partial charge in [-0.1, -0.05) is 30.7 Å². The molecule has 0 aromatic heterocycles. The molecule has 1 N–H and O–H groups in total. The van der Waals surface area contributed by atoms with Gasteiger partial charge in [-0.15, -0.1) is 0 Å². The fraction of sp³-hybridized carbons (Fsp3) is 0.588. The maximum Gasteiger partial charge on any atom is 0.163 e. The van der Waals surface area contributed by atoms with Gasteiger partial charge in [-0.25, -0.2) is 0 Å². The third-order valence-corrected chi connectivity index (χ3v) is 4.68. The van der Waals surface area contributed by atoms with Gasteiger partial charge in [-0.3, -0.25) is 4.79 Å². The molecule has 1 aliphatic carbocycles. The first kappa shape index (κ1) is 12.9. The molecule has 102 valence electrons. The van der Waals surface area contributed by atoms with E-state index in [1.807, 2.05) is 12.1 Å². The van der Waals surface area contributed by atoms with E-state index in [1.54, 1.807) is 0 Å². The summed E-state index contributed by atoms with van der Waals surface area (Å²) in [4.78, 5) is 12.2. The number of nitrogens with one attached hydrogen (secondary N) is 1. The summed E-state index contributed by atoms with van der Waals surface area (Å²) in [5.74, 6) is 1.60. The van der Waals surface area contributed by atoms with E-state index in [2.05, 4.69) is 17.4 Å². The number of Topliss-reactive ketones (excluding diaryl/α,β-unsaturated/α-hetero) is 1. The van der Waals surface area contributed by atoms with Gasteiger partial charge in [0.25, 0.3) is 0 Å². The predicted octanol–water partition coefficient (Wildman–Crippen LogP) is 3.53. The van der Waals surface area contributed by atoms with Crippen molar-refractivity contribution in [2.75, 3.05) is 13.1 Å². The van der Waals surface area contributed by atoms with Gasteiger partial charge in [-0.2, -0.15) is 0 Å². The Morgan fingerprint density at radius 3 is 2.47 bits per heavy atom. The Labute approximate surface area is 115 Å². The summed E-state index contributed by atoms with van der Waals surface area (Å²) >= 11 is 0. The number of carbonyl (C=O) groups is 1. The SMILES string of the molecule is O=C(CC1CCCNC1)c1ccc(C2CCC2)cc1. The second-order valence-corrected chi connectivity index (χ2v) is 6.09. The van der Waals surface area contributed by atoms with Crippen LogP contribution >= 0.6 is 0 Å². The average molecular weight is 257 g/mol. The topological polar surface area (TPSA) is 29.1 Å². The minimum Gasteiger partial charge on any atom is -0.316 e. The molecule has 0 radical (unpaired) electrons. The summed E-state index contributed by atoms with van der Waals surface area (Å²) in [6, 6.07) is 8.39. The van der Waals surface area contributed by atoms with Crippen LogP contribution in [-0.2, 0) is 0 Å². The highest BCUT2D eigenvalue weighted by Crippen LogP contribution is 2.36. The number of rotatable bonds is 4. The maximum absolute atomic E-state index is 12.2. The molecule has 2 fully saturated rings. The predicted molar refractivity (Wildman–Crippen MR) is 77.6 cm³/mol. The minimum atomic E-state index is 0.314. The molecule has 1 saturated heterocycles. The molecule has 1 aliphatic heterocycles. The first-order valence-electron chi connectivity index (χ1n) is 7.67. The summed E-state index contributed by atoms with van der Waals surface area (Å²) < 4.78 is 0. The van der Waals surface area contributed by atoms with E-state index < -0.39 is 0 Å². The molecule has 1 atom stereocenters. The fourth-order valence-electron chi connectivity index (χ4n) is 3.16. The zero-order chi connectivity index (χ0) is 13.1. The van der Waals surface area contributed by atoms with E-state index >= 15 is 0 Å². The van der Waals surface area contributed by atoms with Crippen molar-refractivity contribution in [3.63, 3.8) is 0 Å². The Morgan fingerprint density at radius 2 is 1.89 bits per heavy atom. The Bertz CT molecular complexity index is 427. The molecule has 2 aliphatic rings. The van der Waals surface area contributed by atoms with Gasteiger partial charge in [0.1, 0.15) is 0 Å². The van der Waals surface area contributed by atoms with Gasteiger partial charge in [-0.05, 0) is 56.2 Å². The van der Waals surface area contributed by atoms with Crippen molar-refractivity contribution >= 4 is 5.78 Å². The van der Waals surface area contributed by atoms with Gasteiger partial charge < -0.3 is 5.32 Å². The normalized spacial score (nSPS) is 23.9. The van der Waals surface area contributed by atoms with Gasteiger partial charge in [0.2, 0.25) is 0 Å². The highest BCUT2D eigenvalue weighted by molar-refractivity contribution is 5.96. The number of piperidine rings is 1. The minimum absolute atomic E-state index is 0.314. The number of ketones is 1. The molecule has 0 bridgehead atoms. The van der Waals surface area contributed by atoms with E-state index in [4.69, 9.17) is 0 Å². The monoisotopic (exact) mass is 257 g/mol. The molecule has 1 saturated carbocycles. The van der Waals surface area contributed by atoms with Crippen LogP contribution in [0.1, 0.15) is 60.4 Å². The number of benzene rings is 1. The van der Waals surface area contributed by atoms with Crippen LogP contribution in [0.3, 0.4) is 0 Å². The largest absolute Gasteiger partial charge is 0.316 e. The molecule has 1 aromatic carbocycles. The summed E-state index contributed by atoms with van der Waals surface area (Å²) in [5, 5.41) is 3.38. The fourth-order valence-corrected chi connectivity index (χ4v) is 3.16. The molecule has 0 amide bonds. The Kier molecular flexibility index (Phi) is 3.97. The Morgan fingerprint density at radius 1 is 1.11 bits per heavy atom. The van der Waals surface area contributed by atoms with Crippen molar-refractivity contribution in [3.8, 4) is 0 Å². The van der Waals surface area contributed by atoms with Crippen molar-refractivity contribution in [2.24, 2.45) is 5.92 Å². The highest BCUT2D eigenvalue weighted by Gasteiger charge is 2.20. The molecular weight excluding hydrogens is 234 g/mol.